The first-order valence-corrected chi connectivity index (χ1v) is 12.0. The highest BCUT2D eigenvalue weighted by Crippen LogP contribution is 2.24. The number of halogens is 1. The molecular weight excluding hydrogens is 438 g/mol. The summed E-state index contributed by atoms with van der Waals surface area (Å²) in [6, 6.07) is 6.04. The summed E-state index contributed by atoms with van der Waals surface area (Å²) < 4.78 is 0. The lowest BCUT2D eigenvalue weighted by Gasteiger charge is -2.29. The first-order valence-electron chi connectivity index (χ1n) is 11.6. The first kappa shape index (κ1) is 29.2. The number of amides is 2. The monoisotopic (exact) mass is 476 g/mol. The van der Waals surface area contributed by atoms with Crippen LogP contribution in [0.3, 0.4) is 0 Å². The topological polar surface area (TPSA) is 90.5 Å². The van der Waals surface area contributed by atoms with Gasteiger partial charge in [-0.25, -0.2) is 4.79 Å². The van der Waals surface area contributed by atoms with Crippen LogP contribution in [-0.2, 0) is 6.54 Å². The predicted molar refractivity (Wildman–Crippen MR) is 134 cm³/mol. The van der Waals surface area contributed by atoms with Crippen LogP contribution in [0.5, 0.6) is 0 Å². The highest BCUT2D eigenvalue weighted by atomic mass is 35.5. The van der Waals surface area contributed by atoms with Crippen molar-refractivity contribution < 1.29 is 14.7 Å². The van der Waals surface area contributed by atoms with Crippen molar-refractivity contribution in [3.63, 3.8) is 0 Å². The Morgan fingerprint density at radius 1 is 0.909 bits per heavy atom. The Labute approximate surface area is 205 Å². The second-order valence-electron chi connectivity index (χ2n) is 8.89. The molecular formula is C26H39ClN3O3. The lowest BCUT2D eigenvalue weighted by Crippen LogP contribution is -2.41. The number of rotatable bonds is 7. The SMILES string of the molecule is O=C(O)NC1CCC(NCc2ccc(Cl)c(C(=O)NC[C]3CCCCCCC3)c2)CC1.[CH2].[CH2]. The number of carbonyl (C=O) groups is 2. The average molecular weight is 477 g/mol. The van der Waals surface area contributed by atoms with Crippen molar-refractivity contribution in [3.8, 4) is 0 Å². The largest absolute Gasteiger partial charge is 0.465 e. The van der Waals surface area contributed by atoms with E-state index in [4.69, 9.17) is 16.7 Å². The van der Waals surface area contributed by atoms with Crippen molar-refractivity contribution in [1.82, 2.24) is 16.0 Å². The molecule has 0 spiro atoms. The zero-order chi connectivity index (χ0) is 22.1. The number of carboxylic acid groups (broad SMARTS) is 1. The molecule has 5 radical (unpaired) electrons. The zero-order valence-electron chi connectivity index (χ0n) is 19.6. The van der Waals surface area contributed by atoms with Gasteiger partial charge in [-0.2, -0.15) is 0 Å². The first-order chi connectivity index (χ1) is 15.0. The molecule has 0 unspecified atom stereocenters. The number of hydrogen-bond donors (Lipinski definition) is 4. The molecule has 1 aromatic carbocycles. The van der Waals surface area contributed by atoms with Gasteiger partial charge < -0.3 is 21.1 Å². The molecule has 0 heterocycles. The van der Waals surface area contributed by atoms with Gasteiger partial charge >= 0.3 is 6.09 Å². The summed E-state index contributed by atoms with van der Waals surface area (Å²) in [4.78, 5) is 23.5. The van der Waals surface area contributed by atoms with E-state index in [0.29, 0.717) is 29.7 Å². The smallest absolute Gasteiger partial charge is 0.404 e. The van der Waals surface area contributed by atoms with Gasteiger partial charge in [-0.3, -0.25) is 4.79 Å². The molecule has 6 nitrogen and oxygen atoms in total. The van der Waals surface area contributed by atoms with Gasteiger partial charge in [0.05, 0.1) is 10.6 Å². The summed E-state index contributed by atoms with van der Waals surface area (Å²) in [5, 5.41) is 18.5. The van der Waals surface area contributed by atoms with Crippen molar-refractivity contribution in [1.29, 1.82) is 0 Å². The van der Waals surface area contributed by atoms with E-state index in [9.17, 15) is 9.59 Å². The number of benzene rings is 1. The number of hydrogen-bond acceptors (Lipinski definition) is 3. The van der Waals surface area contributed by atoms with Gasteiger partial charge in [-0.05, 0) is 62.1 Å². The average Bonchev–Trinajstić information content (AvgIpc) is 2.73. The fourth-order valence-corrected chi connectivity index (χ4v) is 4.82. The third-order valence-corrected chi connectivity index (χ3v) is 6.81. The lowest BCUT2D eigenvalue weighted by molar-refractivity contribution is 0.0954. The van der Waals surface area contributed by atoms with Gasteiger partial charge in [0, 0.05) is 25.2 Å². The van der Waals surface area contributed by atoms with E-state index in [1.165, 1.54) is 38.0 Å². The zero-order valence-corrected chi connectivity index (χ0v) is 20.4. The fourth-order valence-electron chi connectivity index (χ4n) is 4.62. The second kappa shape index (κ2) is 15.2. The Balaban J connectivity index is 0.00000272. The Hall–Kier alpha value is -1.79. The number of carbonyl (C=O) groups excluding carboxylic acids is 1. The molecule has 2 fully saturated rings. The normalized spacial score (nSPS) is 21.5. The number of nitrogens with one attached hydrogen (secondary N) is 3. The van der Waals surface area contributed by atoms with E-state index < -0.39 is 6.09 Å². The van der Waals surface area contributed by atoms with Crippen molar-refractivity contribution >= 4 is 23.6 Å². The van der Waals surface area contributed by atoms with Crippen LogP contribution in [-0.4, -0.2) is 35.7 Å². The van der Waals surface area contributed by atoms with Crippen molar-refractivity contribution in [2.75, 3.05) is 6.54 Å². The van der Waals surface area contributed by atoms with E-state index in [0.717, 1.165) is 44.1 Å². The molecule has 2 aliphatic carbocycles. The second-order valence-corrected chi connectivity index (χ2v) is 9.30. The standard InChI is InChI=1S/C24H35ClN3O3.2CH2/c25-22-13-8-18(16-26-19-9-11-20(12-10-19)28-24(30)31)14-21(22)23(29)27-15-17-6-4-2-1-3-5-7-17;;/h8,13-14,19-20,26,28H,1-7,9-12,15-16H2,(H,27,29)(H,30,31);2*1H2. The molecule has 2 amide bonds. The summed E-state index contributed by atoms with van der Waals surface area (Å²) in [5.74, 6) is 1.33. The third kappa shape index (κ3) is 9.93. The van der Waals surface area contributed by atoms with Crippen molar-refractivity contribution in [2.45, 2.75) is 89.3 Å². The summed E-state index contributed by atoms with van der Waals surface area (Å²) in [7, 11) is 0. The maximum Gasteiger partial charge on any atom is 0.404 e. The molecule has 2 saturated carbocycles. The van der Waals surface area contributed by atoms with Gasteiger partial charge in [-0.15, -0.1) is 0 Å². The molecule has 33 heavy (non-hydrogen) atoms. The van der Waals surface area contributed by atoms with Crippen LogP contribution in [0.25, 0.3) is 0 Å². The minimum Gasteiger partial charge on any atom is -0.465 e. The van der Waals surface area contributed by atoms with Crippen LogP contribution in [0.2, 0.25) is 5.02 Å². The quantitative estimate of drug-likeness (QED) is 0.405. The highest BCUT2D eigenvalue weighted by molar-refractivity contribution is 6.33. The molecule has 0 aliphatic heterocycles. The van der Waals surface area contributed by atoms with Crippen LogP contribution in [0.15, 0.2) is 18.2 Å². The van der Waals surface area contributed by atoms with E-state index in [1.54, 1.807) is 6.07 Å². The minimum absolute atomic E-state index is 0. The minimum atomic E-state index is -0.948. The summed E-state index contributed by atoms with van der Waals surface area (Å²) in [6.07, 6.45) is 11.2. The van der Waals surface area contributed by atoms with Crippen molar-refractivity contribution in [3.05, 3.63) is 55.1 Å². The molecule has 0 atom stereocenters. The molecule has 183 valence electrons. The highest BCUT2D eigenvalue weighted by Gasteiger charge is 2.22. The molecule has 3 rings (SSSR count). The Morgan fingerprint density at radius 3 is 2.15 bits per heavy atom. The van der Waals surface area contributed by atoms with Gasteiger partial charge in [0.1, 0.15) is 0 Å². The van der Waals surface area contributed by atoms with Crippen LogP contribution >= 0.6 is 11.6 Å². The Bertz CT molecular complexity index is 727. The lowest BCUT2D eigenvalue weighted by atomic mass is 9.91. The van der Waals surface area contributed by atoms with Crippen LogP contribution in [0.4, 0.5) is 4.79 Å². The maximum atomic E-state index is 12.8. The van der Waals surface area contributed by atoms with Gasteiger partial charge in [0.15, 0.2) is 0 Å². The van der Waals surface area contributed by atoms with Crippen molar-refractivity contribution in [2.24, 2.45) is 0 Å². The van der Waals surface area contributed by atoms with E-state index in [2.05, 4.69) is 16.0 Å². The summed E-state index contributed by atoms with van der Waals surface area (Å²) in [6.45, 7) is 1.31. The van der Waals surface area contributed by atoms with Crippen LogP contribution in [0.1, 0.15) is 86.6 Å². The predicted octanol–water partition coefficient (Wildman–Crippen LogP) is 5.71. The molecule has 4 N–H and O–H groups in total. The molecule has 0 aromatic heterocycles. The third-order valence-electron chi connectivity index (χ3n) is 6.48. The summed E-state index contributed by atoms with van der Waals surface area (Å²) >= 11 is 6.32. The van der Waals surface area contributed by atoms with E-state index in [1.807, 2.05) is 12.1 Å². The van der Waals surface area contributed by atoms with Gasteiger partial charge in [-0.1, -0.05) is 64.6 Å². The fraction of sp³-hybridized carbons (Fsp3) is 0.577. The van der Waals surface area contributed by atoms with E-state index in [-0.39, 0.29) is 26.8 Å². The Morgan fingerprint density at radius 2 is 1.52 bits per heavy atom. The van der Waals surface area contributed by atoms with Gasteiger partial charge in [0.25, 0.3) is 5.91 Å². The van der Waals surface area contributed by atoms with Crippen LogP contribution < -0.4 is 16.0 Å². The molecule has 7 heteroatoms. The molecule has 0 bridgehead atoms. The maximum absolute atomic E-state index is 12.8. The van der Waals surface area contributed by atoms with Gasteiger partial charge in [0.2, 0.25) is 0 Å². The van der Waals surface area contributed by atoms with Crippen LogP contribution in [0, 0.1) is 20.8 Å². The molecule has 0 saturated heterocycles. The molecule has 1 aromatic rings. The molecule has 2 aliphatic rings. The Kier molecular flexibility index (Phi) is 13.4. The summed E-state index contributed by atoms with van der Waals surface area (Å²) in [5.41, 5.74) is 1.56. The van der Waals surface area contributed by atoms with E-state index >= 15 is 0 Å².